The first-order valence-electron chi connectivity index (χ1n) is 8.16. The maximum atomic E-state index is 12.5. The van der Waals surface area contributed by atoms with Crippen LogP contribution >= 0.6 is 11.6 Å². The molecular weight excluding hydrogens is 338 g/mol. The predicted octanol–water partition coefficient (Wildman–Crippen LogP) is 4.96. The molecule has 1 N–H and O–H groups in total. The lowest BCUT2D eigenvalue weighted by Gasteiger charge is -2.19. The van der Waals surface area contributed by atoms with Gasteiger partial charge in [-0.1, -0.05) is 43.6 Å². The number of halogens is 1. The van der Waals surface area contributed by atoms with Gasteiger partial charge in [0.1, 0.15) is 0 Å². The van der Waals surface area contributed by atoms with E-state index in [-0.39, 0.29) is 11.8 Å². The molecule has 0 bridgehead atoms. The number of anilines is 1. The monoisotopic (exact) mass is 359 g/mol. The Bertz CT molecular complexity index is 769. The molecule has 2 rings (SSSR count). The van der Waals surface area contributed by atoms with Crippen molar-refractivity contribution in [3.63, 3.8) is 0 Å². The largest absolute Gasteiger partial charge is 0.449 e. The van der Waals surface area contributed by atoms with E-state index < -0.39 is 12.1 Å². The highest BCUT2D eigenvalue weighted by atomic mass is 35.5. The van der Waals surface area contributed by atoms with Crippen molar-refractivity contribution < 1.29 is 14.3 Å². The van der Waals surface area contributed by atoms with Gasteiger partial charge in [-0.25, -0.2) is 4.79 Å². The second-order valence-corrected chi connectivity index (χ2v) is 6.67. The number of hydrogen-bond acceptors (Lipinski definition) is 3. The van der Waals surface area contributed by atoms with Crippen LogP contribution in [0.2, 0.25) is 5.02 Å². The molecule has 0 radical (unpaired) electrons. The Morgan fingerprint density at radius 1 is 1.04 bits per heavy atom. The molecule has 2 aromatic carbocycles. The fraction of sp³-hybridized carbons (Fsp3) is 0.300. The molecule has 4 nitrogen and oxygen atoms in total. The van der Waals surface area contributed by atoms with Crippen molar-refractivity contribution in [2.45, 2.75) is 39.7 Å². The summed E-state index contributed by atoms with van der Waals surface area (Å²) in [5.41, 5.74) is 3.14. The molecular formula is C20H22ClNO3. The van der Waals surface area contributed by atoms with Gasteiger partial charge in [-0.2, -0.15) is 0 Å². The highest BCUT2D eigenvalue weighted by Crippen LogP contribution is 2.27. The molecule has 0 fully saturated rings. The van der Waals surface area contributed by atoms with Crippen LogP contribution in [0.5, 0.6) is 0 Å². The molecule has 0 saturated heterocycles. The number of rotatable bonds is 5. The van der Waals surface area contributed by atoms with Gasteiger partial charge >= 0.3 is 5.97 Å². The fourth-order valence-electron chi connectivity index (χ4n) is 2.44. The van der Waals surface area contributed by atoms with Gasteiger partial charge in [0, 0.05) is 10.7 Å². The van der Waals surface area contributed by atoms with Crippen LogP contribution in [-0.4, -0.2) is 18.0 Å². The van der Waals surface area contributed by atoms with Crippen LogP contribution in [0.25, 0.3) is 0 Å². The maximum Gasteiger partial charge on any atom is 0.338 e. The Labute approximate surface area is 153 Å². The van der Waals surface area contributed by atoms with Gasteiger partial charge in [-0.3, -0.25) is 4.79 Å². The van der Waals surface area contributed by atoms with E-state index in [9.17, 15) is 9.59 Å². The van der Waals surface area contributed by atoms with Crippen LogP contribution < -0.4 is 5.32 Å². The number of esters is 1. The van der Waals surface area contributed by atoms with Gasteiger partial charge in [0.05, 0.1) is 5.56 Å². The van der Waals surface area contributed by atoms with Crippen molar-refractivity contribution in [2.75, 3.05) is 5.32 Å². The first-order valence-corrected chi connectivity index (χ1v) is 8.54. The Kier molecular flexibility index (Phi) is 6.21. The number of hydrogen-bond donors (Lipinski definition) is 1. The van der Waals surface area contributed by atoms with E-state index in [0.717, 1.165) is 16.8 Å². The lowest BCUT2D eigenvalue weighted by atomic mass is 9.98. The van der Waals surface area contributed by atoms with Gasteiger partial charge in [0.25, 0.3) is 5.91 Å². The second kappa shape index (κ2) is 8.17. The molecule has 0 aliphatic rings. The van der Waals surface area contributed by atoms with E-state index in [0.29, 0.717) is 10.6 Å². The summed E-state index contributed by atoms with van der Waals surface area (Å²) < 4.78 is 5.26. The summed E-state index contributed by atoms with van der Waals surface area (Å²) in [6.07, 6.45) is -0.914. The van der Waals surface area contributed by atoms with E-state index in [1.165, 1.54) is 0 Å². The van der Waals surface area contributed by atoms with Crippen molar-refractivity contribution in [3.8, 4) is 0 Å². The molecule has 0 aromatic heterocycles. The van der Waals surface area contributed by atoms with Crippen LogP contribution in [0.15, 0.2) is 42.5 Å². The minimum absolute atomic E-state index is 0.266. The van der Waals surface area contributed by atoms with E-state index >= 15 is 0 Å². The van der Waals surface area contributed by atoms with Gasteiger partial charge in [-0.05, 0) is 55.2 Å². The standard InChI is InChI=1S/C20H22ClNO3/c1-12(2)17-7-5-6-13(3)18(17)22-19(23)14(4)25-20(24)15-8-10-16(21)11-9-15/h5-12,14H,1-4H3,(H,22,23). The summed E-state index contributed by atoms with van der Waals surface area (Å²) in [6.45, 7) is 7.62. The molecule has 0 aliphatic carbocycles. The number of carbonyl (C=O) groups excluding carboxylic acids is 2. The predicted molar refractivity (Wildman–Crippen MR) is 100 cm³/mol. The molecule has 25 heavy (non-hydrogen) atoms. The van der Waals surface area contributed by atoms with E-state index in [4.69, 9.17) is 16.3 Å². The Morgan fingerprint density at radius 3 is 2.28 bits per heavy atom. The minimum atomic E-state index is -0.914. The first kappa shape index (κ1) is 19.0. The summed E-state index contributed by atoms with van der Waals surface area (Å²) in [4.78, 5) is 24.6. The van der Waals surface area contributed by atoms with Crippen LogP contribution in [0.3, 0.4) is 0 Å². The third kappa shape index (κ3) is 4.83. The first-order chi connectivity index (χ1) is 11.8. The van der Waals surface area contributed by atoms with E-state index in [1.54, 1.807) is 31.2 Å². The average Bonchev–Trinajstić information content (AvgIpc) is 2.56. The van der Waals surface area contributed by atoms with Crippen LogP contribution in [0.4, 0.5) is 5.69 Å². The quantitative estimate of drug-likeness (QED) is 0.768. The van der Waals surface area contributed by atoms with Gasteiger partial charge in [0.15, 0.2) is 6.10 Å². The molecule has 0 aliphatic heterocycles. The Balaban J connectivity index is 2.08. The molecule has 5 heteroatoms. The SMILES string of the molecule is Cc1cccc(C(C)C)c1NC(=O)C(C)OC(=O)c1ccc(Cl)cc1. The van der Waals surface area contributed by atoms with E-state index in [1.807, 2.05) is 25.1 Å². The lowest BCUT2D eigenvalue weighted by Crippen LogP contribution is -2.30. The molecule has 1 atom stereocenters. The number of para-hydroxylation sites is 1. The number of benzene rings is 2. The summed E-state index contributed by atoms with van der Waals surface area (Å²) in [7, 11) is 0. The molecule has 1 amide bonds. The highest BCUT2D eigenvalue weighted by molar-refractivity contribution is 6.30. The molecule has 2 aromatic rings. The van der Waals surface area contributed by atoms with Gasteiger partial charge < -0.3 is 10.1 Å². The molecule has 132 valence electrons. The molecule has 0 spiro atoms. The number of aryl methyl sites for hydroxylation is 1. The zero-order valence-electron chi connectivity index (χ0n) is 14.8. The summed E-state index contributed by atoms with van der Waals surface area (Å²) >= 11 is 5.80. The van der Waals surface area contributed by atoms with Crippen molar-refractivity contribution in [1.29, 1.82) is 0 Å². The molecule has 1 unspecified atom stereocenters. The topological polar surface area (TPSA) is 55.4 Å². The van der Waals surface area contributed by atoms with Crippen molar-refractivity contribution in [2.24, 2.45) is 0 Å². The number of amides is 1. The summed E-state index contributed by atoms with van der Waals surface area (Å²) in [5.74, 6) is -0.658. The summed E-state index contributed by atoms with van der Waals surface area (Å²) in [6, 6.07) is 12.2. The second-order valence-electron chi connectivity index (χ2n) is 6.24. The minimum Gasteiger partial charge on any atom is -0.449 e. The van der Waals surface area contributed by atoms with Crippen LogP contribution in [0, 0.1) is 6.92 Å². The van der Waals surface area contributed by atoms with Crippen molar-refractivity contribution in [1.82, 2.24) is 0 Å². The van der Waals surface area contributed by atoms with Crippen LogP contribution in [-0.2, 0) is 9.53 Å². The summed E-state index contributed by atoms with van der Waals surface area (Å²) in [5, 5.41) is 3.42. The maximum absolute atomic E-state index is 12.5. The lowest BCUT2D eigenvalue weighted by molar-refractivity contribution is -0.123. The van der Waals surface area contributed by atoms with E-state index in [2.05, 4.69) is 19.2 Å². The smallest absolute Gasteiger partial charge is 0.338 e. The van der Waals surface area contributed by atoms with Crippen molar-refractivity contribution in [3.05, 3.63) is 64.2 Å². The van der Waals surface area contributed by atoms with Crippen molar-refractivity contribution >= 4 is 29.2 Å². The van der Waals surface area contributed by atoms with Gasteiger partial charge in [0.2, 0.25) is 0 Å². The highest BCUT2D eigenvalue weighted by Gasteiger charge is 2.21. The van der Waals surface area contributed by atoms with Crippen LogP contribution in [0.1, 0.15) is 48.2 Å². The molecule has 0 saturated carbocycles. The third-order valence-corrected chi connectivity index (χ3v) is 4.16. The number of ether oxygens (including phenoxy) is 1. The number of nitrogens with one attached hydrogen (secondary N) is 1. The zero-order chi connectivity index (χ0) is 18.6. The Hall–Kier alpha value is -2.33. The molecule has 0 heterocycles. The van der Waals surface area contributed by atoms with Gasteiger partial charge in [-0.15, -0.1) is 0 Å². The normalized spacial score (nSPS) is 11.9. The number of carbonyl (C=O) groups is 2. The average molecular weight is 360 g/mol. The fourth-order valence-corrected chi connectivity index (χ4v) is 2.56. The Morgan fingerprint density at radius 2 is 1.68 bits per heavy atom. The zero-order valence-corrected chi connectivity index (χ0v) is 15.6. The third-order valence-electron chi connectivity index (χ3n) is 3.91.